The molecule has 0 unspecified atom stereocenters. The SMILES string of the molecule is CCC(CC)CN(CC)C(=O)NC1CCC1. The Morgan fingerprint density at radius 1 is 1.31 bits per heavy atom. The Morgan fingerprint density at radius 2 is 1.94 bits per heavy atom. The topological polar surface area (TPSA) is 32.3 Å². The average Bonchev–Trinajstić information content (AvgIpc) is 2.25. The number of hydrogen-bond acceptors (Lipinski definition) is 1. The molecule has 0 saturated heterocycles. The van der Waals surface area contributed by atoms with Gasteiger partial charge < -0.3 is 10.2 Å². The molecule has 94 valence electrons. The van der Waals surface area contributed by atoms with E-state index in [1.54, 1.807) is 0 Å². The number of nitrogens with zero attached hydrogens (tertiary/aromatic N) is 1. The molecule has 0 aromatic carbocycles. The van der Waals surface area contributed by atoms with Crippen LogP contribution < -0.4 is 5.32 Å². The van der Waals surface area contributed by atoms with Crippen molar-refractivity contribution in [2.75, 3.05) is 13.1 Å². The van der Waals surface area contributed by atoms with Gasteiger partial charge in [0.1, 0.15) is 0 Å². The molecule has 3 heteroatoms. The number of nitrogens with one attached hydrogen (secondary N) is 1. The summed E-state index contributed by atoms with van der Waals surface area (Å²) >= 11 is 0. The van der Waals surface area contributed by atoms with Gasteiger partial charge in [-0.1, -0.05) is 26.7 Å². The summed E-state index contributed by atoms with van der Waals surface area (Å²) in [6.45, 7) is 8.18. The first-order valence-electron chi connectivity index (χ1n) is 6.76. The van der Waals surface area contributed by atoms with Crippen molar-refractivity contribution in [3.63, 3.8) is 0 Å². The summed E-state index contributed by atoms with van der Waals surface area (Å²) in [5.74, 6) is 0.645. The summed E-state index contributed by atoms with van der Waals surface area (Å²) in [5, 5.41) is 3.11. The summed E-state index contributed by atoms with van der Waals surface area (Å²) in [4.78, 5) is 13.9. The van der Waals surface area contributed by atoms with E-state index >= 15 is 0 Å². The van der Waals surface area contributed by atoms with Gasteiger partial charge in [-0.2, -0.15) is 0 Å². The second kappa shape index (κ2) is 6.77. The number of carbonyl (C=O) groups excluding carboxylic acids is 1. The smallest absolute Gasteiger partial charge is 0.317 e. The Hall–Kier alpha value is -0.730. The van der Waals surface area contributed by atoms with Gasteiger partial charge in [-0.15, -0.1) is 0 Å². The van der Waals surface area contributed by atoms with Gasteiger partial charge in [0.2, 0.25) is 0 Å². The summed E-state index contributed by atoms with van der Waals surface area (Å²) in [6, 6.07) is 0.586. The van der Waals surface area contributed by atoms with Crippen LogP contribution in [0.3, 0.4) is 0 Å². The van der Waals surface area contributed by atoms with E-state index < -0.39 is 0 Å². The Kier molecular flexibility index (Phi) is 5.64. The van der Waals surface area contributed by atoms with Crippen molar-refractivity contribution in [3.05, 3.63) is 0 Å². The fraction of sp³-hybridized carbons (Fsp3) is 0.923. The van der Waals surface area contributed by atoms with Gasteiger partial charge in [-0.05, 0) is 32.1 Å². The van der Waals surface area contributed by atoms with Crippen molar-refractivity contribution in [1.82, 2.24) is 10.2 Å². The number of rotatable bonds is 6. The van der Waals surface area contributed by atoms with Crippen LogP contribution in [-0.2, 0) is 0 Å². The lowest BCUT2D eigenvalue weighted by molar-refractivity contribution is 0.178. The van der Waals surface area contributed by atoms with E-state index in [1.165, 1.54) is 6.42 Å². The molecule has 16 heavy (non-hydrogen) atoms. The Bertz CT molecular complexity index is 210. The van der Waals surface area contributed by atoms with E-state index in [1.807, 2.05) is 4.90 Å². The van der Waals surface area contributed by atoms with Crippen LogP contribution in [0.5, 0.6) is 0 Å². The molecule has 0 atom stereocenters. The van der Waals surface area contributed by atoms with Gasteiger partial charge in [-0.25, -0.2) is 4.79 Å². The summed E-state index contributed by atoms with van der Waals surface area (Å²) < 4.78 is 0. The van der Waals surface area contributed by atoms with E-state index in [-0.39, 0.29) is 6.03 Å². The maximum absolute atomic E-state index is 12.0. The monoisotopic (exact) mass is 226 g/mol. The zero-order valence-electron chi connectivity index (χ0n) is 11.0. The molecular weight excluding hydrogens is 200 g/mol. The van der Waals surface area contributed by atoms with Crippen LogP contribution in [0.1, 0.15) is 52.9 Å². The molecule has 0 bridgehead atoms. The quantitative estimate of drug-likeness (QED) is 0.742. The second-order valence-electron chi connectivity index (χ2n) is 4.80. The highest BCUT2D eigenvalue weighted by Gasteiger charge is 2.22. The van der Waals surface area contributed by atoms with Crippen molar-refractivity contribution >= 4 is 6.03 Å². The van der Waals surface area contributed by atoms with Gasteiger partial charge in [0.05, 0.1) is 0 Å². The predicted molar refractivity (Wildman–Crippen MR) is 67.5 cm³/mol. The largest absolute Gasteiger partial charge is 0.335 e. The molecule has 1 fully saturated rings. The summed E-state index contributed by atoms with van der Waals surface area (Å²) in [5.41, 5.74) is 0. The van der Waals surface area contributed by atoms with Crippen molar-refractivity contribution in [2.45, 2.75) is 58.9 Å². The first-order valence-corrected chi connectivity index (χ1v) is 6.76. The van der Waals surface area contributed by atoms with Gasteiger partial charge in [0, 0.05) is 19.1 Å². The summed E-state index contributed by atoms with van der Waals surface area (Å²) in [6.07, 6.45) is 5.90. The van der Waals surface area contributed by atoms with Gasteiger partial charge in [-0.3, -0.25) is 0 Å². The molecule has 0 aromatic heterocycles. The minimum Gasteiger partial charge on any atom is -0.335 e. The third-order valence-corrected chi connectivity index (χ3v) is 3.73. The minimum absolute atomic E-state index is 0.138. The van der Waals surface area contributed by atoms with Crippen LogP contribution in [-0.4, -0.2) is 30.1 Å². The lowest BCUT2D eigenvalue weighted by Crippen LogP contribution is -2.48. The Balaban J connectivity index is 2.35. The maximum Gasteiger partial charge on any atom is 0.317 e. The van der Waals surface area contributed by atoms with Crippen LogP contribution in [0.4, 0.5) is 4.79 Å². The Labute approximate surface area is 99.6 Å². The molecule has 1 aliphatic carbocycles. The van der Waals surface area contributed by atoms with E-state index in [4.69, 9.17) is 0 Å². The van der Waals surface area contributed by atoms with Crippen LogP contribution in [0.25, 0.3) is 0 Å². The number of amides is 2. The highest BCUT2D eigenvalue weighted by atomic mass is 16.2. The van der Waals surface area contributed by atoms with Gasteiger partial charge in [0.15, 0.2) is 0 Å². The van der Waals surface area contributed by atoms with E-state index in [9.17, 15) is 4.79 Å². The molecule has 0 aromatic rings. The first-order chi connectivity index (χ1) is 7.71. The standard InChI is InChI=1S/C13H26N2O/c1-4-11(5-2)10-15(6-3)13(16)14-12-8-7-9-12/h11-12H,4-10H2,1-3H3,(H,14,16). The Morgan fingerprint density at radius 3 is 2.31 bits per heavy atom. The van der Waals surface area contributed by atoms with E-state index in [0.717, 1.165) is 38.8 Å². The number of hydrogen-bond donors (Lipinski definition) is 1. The van der Waals surface area contributed by atoms with E-state index in [2.05, 4.69) is 26.1 Å². The van der Waals surface area contributed by atoms with Crippen molar-refractivity contribution in [3.8, 4) is 0 Å². The lowest BCUT2D eigenvalue weighted by atomic mass is 9.93. The second-order valence-corrected chi connectivity index (χ2v) is 4.80. The minimum atomic E-state index is 0.138. The van der Waals surface area contributed by atoms with Crippen LogP contribution >= 0.6 is 0 Å². The predicted octanol–water partition coefficient (Wildman–Crippen LogP) is 3.01. The van der Waals surface area contributed by atoms with E-state index in [0.29, 0.717) is 12.0 Å². The average molecular weight is 226 g/mol. The first kappa shape index (κ1) is 13.3. The van der Waals surface area contributed by atoms with Crippen molar-refractivity contribution in [2.24, 2.45) is 5.92 Å². The molecule has 1 aliphatic rings. The molecule has 1 saturated carbocycles. The fourth-order valence-electron chi connectivity index (χ4n) is 2.03. The number of urea groups is 1. The lowest BCUT2D eigenvalue weighted by Gasteiger charge is -2.31. The zero-order valence-corrected chi connectivity index (χ0v) is 11.0. The molecular formula is C13H26N2O. The highest BCUT2D eigenvalue weighted by Crippen LogP contribution is 2.18. The zero-order chi connectivity index (χ0) is 12.0. The van der Waals surface area contributed by atoms with Crippen LogP contribution in [0.15, 0.2) is 0 Å². The molecule has 1 rings (SSSR count). The summed E-state index contributed by atoms with van der Waals surface area (Å²) in [7, 11) is 0. The van der Waals surface area contributed by atoms with Crippen LogP contribution in [0, 0.1) is 5.92 Å². The number of carbonyl (C=O) groups is 1. The molecule has 1 N–H and O–H groups in total. The van der Waals surface area contributed by atoms with Crippen molar-refractivity contribution in [1.29, 1.82) is 0 Å². The van der Waals surface area contributed by atoms with Crippen molar-refractivity contribution < 1.29 is 4.79 Å². The fourth-order valence-corrected chi connectivity index (χ4v) is 2.03. The maximum atomic E-state index is 12.0. The van der Waals surface area contributed by atoms with Gasteiger partial charge in [0.25, 0.3) is 0 Å². The molecule has 3 nitrogen and oxygen atoms in total. The normalized spacial score (nSPS) is 16.0. The third kappa shape index (κ3) is 3.69. The molecule has 2 amide bonds. The molecule has 0 heterocycles. The third-order valence-electron chi connectivity index (χ3n) is 3.73. The highest BCUT2D eigenvalue weighted by molar-refractivity contribution is 5.74. The molecule has 0 spiro atoms. The molecule has 0 radical (unpaired) electrons. The van der Waals surface area contributed by atoms with Crippen LogP contribution in [0.2, 0.25) is 0 Å². The van der Waals surface area contributed by atoms with Gasteiger partial charge >= 0.3 is 6.03 Å². The molecule has 0 aliphatic heterocycles.